The monoisotopic (exact) mass is 302 g/mol. The number of ether oxygens (including phenoxy) is 1. The summed E-state index contributed by atoms with van der Waals surface area (Å²) < 4.78 is 32.4. The third-order valence-corrected chi connectivity index (χ3v) is 4.99. The summed E-state index contributed by atoms with van der Waals surface area (Å²) in [6.07, 6.45) is 1.74. The Morgan fingerprint density at radius 1 is 1.60 bits per heavy atom. The Morgan fingerprint density at radius 2 is 2.30 bits per heavy atom. The van der Waals surface area contributed by atoms with Gasteiger partial charge in [-0.2, -0.15) is 4.31 Å². The summed E-state index contributed by atoms with van der Waals surface area (Å²) in [5.41, 5.74) is 5.07. The topological polar surface area (TPSA) is 101 Å². The molecule has 1 aromatic rings. The number of sulfonamides is 1. The molecule has 1 aromatic heterocycles. The third kappa shape index (κ3) is 3.03. The smallest absolute Gasteiger partial charge is 0.260 e. The van der Waals surface area contributed by atoms with Gasteiger partial charge in [-0.25, -0.2) is 13.4 Å². The zero-order chi connectivity index (χ0) is 15.0. The Morgan fingerprint density at radius 3 is 2.85 bits per heavy atom. The van der Waals surface area contributed by atoms with Gasteiger partial charge in [0.1, 0.15) is 5.82 Å². The number of H-pyrrole nitrogens is 1. The van der Waals surface area contributed by atoms with Crippen LogP contribution >= 0.6 is 0 Å². The van der Waals surface area contributed by atoms with Crippen LogP contribution in [0.4, 0.5) is 0 Å². The maximum Gasteiger partial charge on any atom is 0.260 e. The molecule has 114 valence electrons. The summed E-state index contributed by atoms with van der Waals surface area (Å²) in [5, 5.41) is 0.128. The van der Waals surface area contributed by atoms with Crippen LogP contribution in [0.5, 0.6) is 0 Å². The minimum Gasteiger partial charge on any atom is -0.368 e. The Kier molecular flexibility index (Phi) is 4.19. The summed E-state index contributed by atoms with van der Waals surface area (Å²) in [6, 6.07) is 0. The molecule has 2 heterocycles. The fourth-order valence-electron chi connectivity index (χ4n) is 2.34. The summed E-state index contributed by atoms with van der Waals surface area (Å²) in [7, 11) is -3.59. The second-order valence-electron chi connectivity index (χ2n) is 5.58. The number of rotatable bonds is 4. The van der Waals surface area contributed by atoms with Crippen molar-refractivity contribution in [3.8, 4) is 0 Å². The van der Waals surface area contributed by atoms with E-state index in [9.17, 15) is 8.42 Å². The van der Waals surface area contributed by atoms with Crippen LogP contribution in [0.15, 0.2) is 11.2 Å². The van der Waals surface area contributed by atoms with Crippen LogP contribution in [0.1, 0.15) is 26.6 Å². The van der Waals surface area contributed by atoms with Crippen molar-refractivity contribution in [2.75, 3.05) is 19.6 Å². The van der Waals surface area contributed by atoms with Gasteiger partial charge in [-0.05, 0) is 13.8 Å². The highest BCUT2D eigenvalue weighted by Gasteiger charge is 2.39. The quantitative estimate of drug-likeness (QED) is 0.821. The molecule has 0 saturated carbocycles. The van der Waals surface area contributed by atoms with Gasteiger partial charge in [-0.3, -0.25) is 0 Å². The molecule has 1 unspecified atom stereocenters. The molecular formula is C12H22N4O3S. The van der Waals surface area contributed by atoms with Gasteiger partial charge in [0.2, 0.25) is 0 Å². The van der Waals surface area contributed by atoms with E-state index in [2.05, 4.69) is 9.97 Å². The van der Waals surface area contributed by atoms with Crippen LogP contribution in [0.2, 0.25) is 0 Å². The van der Waals surface area contributed by atoms with Gasteiger partial charge in [-0.15, -0.1) is 0 Å². The SMILES string of the molecule is CCc1ncc(S(=O)(=O)N2CC(CN)OC(C)(C)C2)[nH]1. The molecule has 0 amide bonds. The van der Waals surface area contributed by atoms with Crippen molar-refractivity contribution in [2.45, 2.75) is 43.9 Å². The number of imidazole rings is 1. The molecule has 20 heavy (non-hydrogen) atoms. The molecule has 0 spiro atoms. The van der Waals surface area contributed by atoms with Gasteiger partial charge >= 0.3 is 0 Å². The van der Waals surface area contributed by atoms with E-state index >= 15 is 0 Å². The molecule has 0 aromatic carbocycles. The highest BCUT2D eigenvalue weighted by atomic mass is 32.2. The molecule has 0 radical (unpaired) electrons. The first-order chi connectivity index (χ1) is 9.28. The largest absolute Gasteiger partial charge is 0.368 e. The summed E-state index contributed by atoms with van der Waals surface area (Å²) >= 11 is 0. The lowest BCUT2D eigenvalue weighted by Gasteiger charge is -2.41. The molecule has 1 fully saturated rings. The molecule has 0 aliphatic carbocycles. The van der Waals surface area contributed by atoms with Gasteiger partial charge < -0.3 is 15.5 Å². The van der Waals surface area contributed by atoms with Crippen LogP contribution in [0, 0.1) is 0 Å². The third-order valence-electron chi connectivity index (χ3n) is 3.27. The van der Waals surface area contributed by atoms with Crippen molar-refractivity contribution in [3.63, 3.8) is 0 Å². The minimum atomic E-state index is -3.59. The van der Waals surface area contributed by atoms with Crippen molar-refractivity contribution in [1.82, 2.24) is 14.3 Å². The first-order valence-corrected chi connectivity index (χ1v) is 8.14. The van der Waals surface area contributed by atoms with E-state index in [-0.39, 0.29) is 17.7 Å². The molecule has 1 aliphatic heterocycles. The number of aromatic nitrogens is 2. The second kappa shape index (κ2) is 5.44. The van der Waals surface area contributed by atoms with E-state index in [0.717, 1.165) is 0 Å². The van der Waals surface area contributed by atoms with Gasteiger partial charge in [-0.1, -0.05) is 6.92 Å². The summed E-state index contributed by atoms with van der Waals surface area (Å²) in [4.78, 5) is 6.90. The number of hydrogen-bond donors (Lipinski definition) is 2. The fourth-order valence-corrected chi connectivity index (χ4v) is 3.90. The minimum absolute atomic E-state index is 0.128. The van der Waals surface area contributed by atoms with Crippen LogP contribution in [0.3, 0.4) is 0 Å². The van der Waals surface area contributed by atoms with E-state index in [1.165, 1.54) is 10.5 Å². The molecule has 2 rings (SSSR count). The van der Waals surface area contributed by atoms with Gasteiger partial charge in [0.15, 0.2) is 5.03 Å². The first kappa shape index (κ1) is 15.4. The highest BCUT2D eigenvalue weighted by molar-refractivity contribution is 7.89. The normalized spacial score (nSPS) is 23.9. The number of nitrogens with one attached hydrogen (secondary N) is 1. The van der Waals surface area contributed by atoms with Crippen molar-refractivity contribution >= 4 is 10.0 Å². The second-order valence-corrected chi connectivity index (χ2v) is 7.49. The lowest BCUT2D eigenvalue weighted by Crippen LogP contribution is -2.56. The standard InChI is InChI=1S/C12H22N4O3S/c1-4-10-14-6-11(15-10)20(17,18)16-7-9(5-13)19-12(2,3)8-16/h6,9H,4-5,7-8,13H2,1-3H3,(H,14,15). The van der Waals surface area contributed by atoms with Crippen molar-refractivity contribution in [2.24, 2.45) is 5.73 Å². The molecule has 1 atom stereocenters. The molecule has 8 heteroatoms. The summed E-state index contributed by atoms with van der Waals surface area (Å²) in [6.45, 7) is 6.49. The number of nitrogens with zero attached hydrogens (tertiary/aromatic N) is 2. The van der Waals surface area contributed by atoms with Crippen LogP contribution in [-0.2, 0) is 21.2 Å². The van der Waals surface area contributed by atoms with Gasteiger partial charge in [0.05, 0.1) is 17.9 Å². The maximum atomic E-state index is 12.6. The average molecular weight is 302 g/mol. The maximum absolute atomic E-state index is 12.6. The number of aryl methyl sites for hydroxylation is 1. The molecule has 3 N–H and O–H groups in total. The van der Waals surface area contributed by atoms with Crippen LogP contribution in [0.25, 0.3) is 0 Å². The van der Waals surface area contributed by atoms with E-state index < -0.39 is 15.6 Å². The zero-order valence-electron chi connectivity index (χ0n) is 12.1. The lowest BCUT2D eigenvalue weighted by molar-refractivity contribution is -0.112. The van der Waals surface area contributed by atoms with E-state index in [1.54, 1.807) is 0 Å². The zero-order valence-corrected chi connectivity index (χ0v) is 12.9. The molecule has 7 nitrogen and oxygen atoms in total. The Labute approximate surface area is 119 Å². The first-order valence-electron chi connectivity index (χ1n) is 6.70. The predicted molar refractivity (Wildman–Crippen MR) is 74.7 cm³/mol. The Hall–Kier alpha value is -0.960. The van der Waals surface area contributed by atoms with Crippen molar-refractivity contribution < 1.29 is 13.2 Å². The number of aromatic amines is 1. The van der Waals surface area contributed by atoms with Gasteiger partial charge in [0, 0.05) is 26.1 Å². The van der Waals surface area contributed by atoms with Crippen molar-refractivity contribution in [1.29, 1.82) is 0 Å². The van der Waals surface area contributed by atoms with Crippen molar-refractivity contribution in [3.05, 3.63) is 12.0 Å². The van der Waals surface area contributed by atoms with E-state index in [4.69, 9.17) is 10.5 Å². The molecule has 1 aliphatic rings. The van der Waals surface area contributed by atoms with Crippen LogP contribution < -0.4 is 5.73 Å². The van der Waals surface area contributed by atoms with E-state index in [0.29, 0.717) is 25.3 Å². The molecule has 0 bridgehead atoms. The molecular weight excluding hydrogens is 280 g/mol. The Balaban J connectivity index is 2.28. The van der Waals surface area contributed by atoms with Gasteiger partial charge in [0.25, 0.3) is 10.0 Å². The summed E-state index contributed by atoms with van der Waals surface area (Å²) in [5.74, 6) is 0.659. The van der Waals surface area contributed by atoms with E-state index in [1.807, 2.05) is 20.8 Å². The lowest BCUT2D eigenvalue weighted by atomic mass is 10.1. The predicted octanol–water partition coefficient (Wildman–Crippen LogP) is 0.0989. The average Bonchev–Trinajstić information content (AvgIpc) is 2.86. The fraction of sp³-hybridized carbons (Fsp3) is 0.750. The number of hydrogen-bond acceptors (Lipinski definition) is 5. The molecule has 1 saturated heterocycles. The van der Waals surface area contributed by atoms with Crippen LogP contribution in [-0.4, -0.2) is 54.0 Å². The highest BCUT2D eigenvalue weighted by Crippen LogP contribution is 2.25. The Bertz CT molecular complexity index is 567. The number of morpholine rings is 1. The number of nitrogens with two attached hydrogens (primary N) is 1.